The van der Waals surface area contributed by atoms with Crippen LogP contribution in [-0.2, 0) is 16.1 Å². The highest BCUT2D eigenvalue weighted by molar-refractivity contribution is 6.21. The first-order valence-corrected chi connectivity index (χ1v) is 7.71. The zero-order valence-corrected chi connectivity index (χ0v) is 14.1. The highest BCUT2D eigenvalue weighted by Gasteiger charge is 2.23. The Balaban J connectivity index is 2.18. The highest BCUT2D eigenvalue weighted by atomic mass is 19.1. The summed E-state index contributed by atoms with van der Waals surface area (Å²) in [5.74, 6) is -1.68. The molecular weight excluding hydrogens is 335 g/mol. The van der Waals surface area contributed by atoms with Crippen LogP contribution in [0.1, 0.15) is 12.5 Å². The van der Waals surface area contributed by atoms with E-state index in [0.717, 1.165) is 4.90 Å². The summed E-state index contributed by atoms with van der Waals surface area (Å²) in [6, 6.07) is 13.8. The molecule has 132 valence electrons. The van der Waals surface area contributed by atoms with Gasteiger partial charge in [-0.2, -0.15) is 5.26 Å². The number of hydrogen-bond acceptors (Lipinski definition) is 5. The smallest absolute Gasteiger partial charge is 0.277 e. The number of benzene rings is 2. The minimum Gasteiger partial charge on any atom is -0.399 e. The Kier molecular flexibility index (Phi) is 6.06. The molecule has 2 aromatic carbocycles. The van der Waals surface area contributed by atoms with Crippen molar-refractivity contribution in [2.45, 2.75) is 13.5 Å². The largest absolute Gasteiger partial charge is 0.399 e. The van der Waals surface area contributed by atoms with Gasteiger partial charge in [-0.05, 0) is 42.0 Å². The Morgan fingerprint density at radius 3 is 2.54 bits per heavy atom. The maximum atomic E-state index is 13.2. The van der Waals surface area contributed by atoms with Gasteiger partial charge in [0.15, 0.2) is 0 Å². The summed E-state index contributed by atoms with van der Waals surface area (Å²) < 4.78 is 13.2. The van der Waals surface area contributed by atoms with Crippen LogP contribution in [0.4, 0.5) is 15.8 Å². The molecule has 0 saturated carbocycles. The molecule has 0 fully saturated rings. The predicted octanol–water partition coefficient (Wildman–Crippen LogP) is 2.48. The second kappa shape index (κ2) is 8.44. The standard InChI is InChI=1S/C19H17FN4O2/c1-13(25)24(18-7-5-17(22)6-8-18)19(26)15(10-21)12-23-11-14-3-2-4-16(20)9-14/h2-9,12,23H,11,22H2,1H3/b15-12-. The van der Waals surface area contributed by atoms with E-state index in [-0.39, 0.29) is 17.9 Å². The third-order valence-electron chi connectivity index (χ3n) is 3.46. The van der Waals surface area contributed by atoms with E-state index in [0.29, 0.717) is 16.9 Å². The minimum absolute atomic E-state index is 0.220. The number of nitrogens with zero attached hydrogens (tertiary/aromatic N) is 2. The Labute approximate surface area is 150 Å². The molecule has 2 aromatic rings. The molecule has 0 saturated heterocycles. The molecule has 2 rings (SSSR count). The molecule has 0 heterocycles. The molecule has 0 aliphatic carbocycles. The minimum atomic E-state index is -0.767. The van der Waals surface area contributed by atoms with Gasteiger partial charge in [-0.15, -0.1) is 0 Å². The van der Waals surface area contributed by atoms with Gasteiger partial charge in [0.25, 0.3) is 5.91 Å². The van der Waals surface area contributed by atoms with E-state index in [1.807, 2.05) is 0 Å². The molecule has 26 heavy (non-hydrogen) atoms. The third-order valence-corrected chi connectivity index (χ3v) is 3.46. The number of nitriles is 1. The van der Waals surface area contributed by atoms with Gasteiger partial charge in [-0.25, -0.2) is 9.29 Å². The van der Waals surface area contributed by atoms with Crippen molar-refractivity contribution >= 4 is 23.2 Å². The van der Waals surface area contributed by atoms with E-state index in [1.54, 1.807) is 30.3 Å². The Morgan fingerprint density at radius 2 is 1.96 bits per heavy atom. The highest BCUT2D eigenvalue weighted by Crippen LogP contribution is 2.18. The van der Waals surface area contributed by atoms with E-state index in [1.165, 1.54) is 37.4 Å². The molecular formula is C19H17FN4O2. The van der Waals surface area contributed by atoms with E-state index >= 15 is 0 Å². The van der Waals surface area contributed by atoms with Crippen LogP contribution in [0, 0.1) is 17.1 Å². The van der Waals surface area contributed by atoms with Crippen LogP contribution < -0.4 is 16.0 Å². The SMILES string of the molecule is CC(=O)N(C(=O)/C(C#N)=C\NCc1cccc(F)c1)c1ccc(N)cc1. The summed E-state index contributed by atoms with van der Waals surface area (Å²) in [5.41, 5.74) is 6.79. The zero-order valence-electron chi connectivity index (χ0n) is 14.1. The first-order chi connectivity index (χ1) is 12.4. The second-order valence-corrected chi connectivity index (χ2v) is 5.43. The lowest BCUT2D eigenvalue weighted by atomic mass is 10.2. The summed E-state index contributed by atoms with van der Waals surface area (Å²) in [7, 11) is 0. The normalized spacial score (nSPS) is 10.7. The number of nitrogen functional groups attached to an aromatic ring is 1. The van der Waals surface area contributed by atoms with Crippen LogP contribution in [0.5, 0.6) is 0 Å². The number of carbonyl (C=O) groups is 2. The molecule has 7 heteroatoms. The van der Waals surface area contributed by atoms with Crippen LogP contribution in [0.2, 0.25) is 0 Å². The van der Waals surface area contributed by atoms with Crippen molar-refractivity contribution in [3.05, 3.63) is 71.7 Å². The van der Waals surface area contributed by atoms with Gasteiger partial charge in [0.2, 0.25) is 5.91 Å². The molecule has 0 aliphatic heterocycles. The molecule has 0 spiro atoms. The second-order valence-electron chi connectivity index (χ2n) is 5.43. The molecule has 0 aliphatic rings. The van der Waals surface area contributed by atoms with Crippen molar-refractivity contribution in [2.75, 3.05) is 10.6 Å². The fourth-order valence-electron chi connectivity index (χ4n) is 2.25. The summed E-state index contributed by atoms with van der Waals surface area (Å²) in [6.07, 6.45) is 1.21. The number of rotatable bonds is 5. The summed E-state index contributed by atoms with van der Waals surface area (Å²) in [5, 5.41) is 12.0. The van der Waals surface area contributed by atoms with Gasteiger partial charge >= 0.3 is 0 Å². The number of halogens is 1. The van der Waals surface area contributed by atoms with Crippen molar-refractivity contribution in [1.82, 2.24) is 5.32 Å². The fraction of sp³-hybridized carbons (Fsp3) is 0.105. The van der Waals surface area contributed by atoms with Crippen molar-refractivity contribution in [3.63, 3.8) is 0 Å². The molecule has 0 aromatic heterocycles. The monoisotopic (exact) mass is 352 g/mol. The first kappa shape index (κ1) is 18.7. The topological polar surface area (TPSA) is 99.2 Å². The molecule has 0 atom stereocenters. The number of hydrogen-bond donors (Lipinski definition) is 2. The Bertz CT molecular complexity index is 885. The van der Waals surface area contributed by atoms with E-state index in [9.17, 15) is 19.2 Å². The van der Waals surface area contributed by atoms with Gasteiger partial charge in [0, 0.05) is 25.4 Å². The van der Waals surface area contributed by atoms with Gasteiger partial charge in [0.1, 0.15) is 17.5 Å². The summed E-state index contributed by atoms with van der Waals surface area (Å²) in [6.45, 7) is 1.45. The molecule has 3 N–H and O–H groups in total. The van der Waals surface area contributed by atoms with Gasteiger partial charge in [0.05, 0.1) is 5.69 Å². The Morgan fingerprint density at radius 1 is 1.27 bits per heavy atom. The van der Waals surface area contributed by atoms with Crippen LogP contribution >= 0.6 is 0 Å². The van der Waals surface area contributed by atoms with Gasteiger partial charge in [-0.1, -0.05) is 12.1 Å². The van der Waals surface area contributed by atoms with E-state index < -0.39 is 11.8 Å². The first-order valence-electron chi connectivity index (χ1n) is 7.71. The van der Waals surface area contributed by atoms with Crippen LogP contribution in [-0.4, -0.2) is 11.8 Å². The number of imide groups is 1. The molecule has 0 bridgehead atoms. The number of nitrogens with two attached hydrogens (primary N) is 1. The lowest BCUT2D eigenvalue weighted by Gasteiger charge is -2.19. The number of nitrogens with one attached hydrogen (secondary N) is 1. The van der Waals surface area contributed by atoms with Crippen LogP contribution in [0.25, 0.3) is 0 Å². The van der Waals surface area contributed by atoms with Gasteiger partial charge < -0.3 is 11.1 Å². The van der Waals surface area contributed by atoms with Gasteiger partial charge in [-0.3, -0.25) is 9.59 Å². The maximum absolute atomic E-state index is 13.2. The number of anilines is 2. The van der Waals surface area contributed by atoms with Crippen LogP contribution in [0.15, 0.2) is 60.3 Å². The molecule has 0 unspecified atom stereocenters. The van der Waals surface area contributed by atoms with Crippen LogP contribution in [0.3, 0.4) is 0 Å². The zero-order chi connectivity index (χ0) is 19.1. The number of amides is 2. The Hall–Kier alpha value is -3.66. The molecule has 6 nitrogen and oxygen atoms in total. The maximum Gasteiger partial charge on any atom is 0.277 e. The van der Waals surface area contributed by atoms with Crippen molar-refractivity contribution in [2.24, 2.45) is 0 Å². The summed E-state index contributed by atoms with van der Waals surface area (Å²) in [4.78, 5) is 25.4. The quantitative estimate of drug-likeness (QED) is 0.489. The molecule has 0 radical (unpaired) electrons. The summed E-state index contributed by atoms with van der Waals surface area (Å²) >= 11 is 0. The fourth-order valence-corrected chi connectivity index (χ4v) is 2.25. The van der Waals surface area contributed by atoms with E-state index in [2.05, 4.69) is 5.32 Å². The number of carbonyl (C=O) groups excluding carboxylic acids is 2. The third kappa shape index (κ3) is 4.68. The predicted molar refractivity (Wildman–Crippen MR) is 96.0 cm³/mol. The van der Waals surface area contributed by atoms with Crippen molar-refractivity contribution < 1.29 is 14.0 Å². The molecule has 2 amide bonds. The lowest BCUT2D eigenvalue weighted by Crippen LogP contribution is -2.36. The lowest BCUT2D eigenvalue weighted by molar-refractivity contribution is -0.123. The van der Waals surface area contributed by atoms with Crippen molar-refractivity contribution in [1.29, 1.82) is 5.26 Å². The average Bonchev–Trinajstić information content (AvgIpc) is 2.60. The average molecular weight is 352 g/mol. The van der Waals surface area contributed by atoms with E-state index in [4.69, 9.17) is 5.73 Å². The van der Waals surface area contributed by atoms with Crippen molar-refractivity contribution in [3.8, 4) is 6.07 Å².